The van der Waals surface area contributed by atoms with E-state index in [4.69, 9.17) is 16.9 Å². The first-order valence-corrected chi connectivity index (χ1v) is 8.47. The minimum Gasteiger partial charge on any atom is -0.278 e. The van der Waals surface area contributed by atoms with Gasteiger partial charge in [-0.3, -0.25) is 4.72 Å². The Labute approximate surface area is 136 Å². The van der Waals surface area contributed by atoms with Crippen LogP contribution in [0.3, 0.4) is 0 Å². The van der Waals surface area contributed by atoms with Crippen LogP contribution in [0.25, 0.3) is 0 Å². The van der Waals surface area contributed by atoms with Gasteiger partial charge in [0, 0.05) is 4.47 Å². The molecule has 0 saturated carbocycles. The van der Waals surface area contributed by atoms with Gasteiger partial charge in [0.05, 0.1) is 22.3 Å². The Balaban J connectivity index is 2.44. The second-order valence-electron chi connectivity index (χ2n) is 4.35. The molecular weight excluding hydrogens is 376 g/mol. The second kappa shape index (κ2) is 6.06. The Morgan fingerprint density at radius 3 is 2.57 bits per heavy atom. The zero-order chi connectivity index (χ0) is 15.6. The summed E-state index contributed by atoms with van der Waals surface area (Å²) in [6.45, 7) is 1.86. The predicted molar refractivity (Wildman–Crippen MR) is 85.9 cm³/mol. The number of anilines is 1. The summed E-state index contributed by atoms with van der Waals surface area (Å²) < 4.78 is 27.9. The normalized spacial score (nSPS) is 11.0. The van der Waals surface area contributed by atoms with Crippen molar-refractivity contribution in [3.63, 3.8) is 0 Å². The number of rotatable bonds is 3. The van der Waals surface area contributed by atoms with E-state index in [1.807, 2.05) is 19.1 Å². The molecule has 0 aromatic heterocycles. The summed E-state index contributed by atoms with van der Waals surface area (Å²) in [5.74, 6) is 0. The Hall–Kier alpha value is -1.55. The maximum absolute atomic E-state index is 12.4. The van der Waals surface area contributed by atoms with Gasteiger partial charge in [0.15, 0.2) is 0 Å². The zero-order valence-corrected chi connectivity index (χ0v) is 14.1. The third-order valence-electron chi connectivity index (χ3n) is 2.72. The minimum atomic E-state index is -3.83. The molecule has 0 fully saturated rings. The monoisotopic (exact) mass is 384 g/mol. The Bertz CT molecular complexity index is 845. The smallest absolute Gasteiger partial charge is 0.263 e. The van der Waals surface area contributed by atoms with E-state index >= 15 is 0 Å². The lowest BCUT2D eigenvalue weighted by Crippen LogP contribution is -2.14. The molecule has 0 spiro atoms. The van der Waals surface area contributed by atoms with Gasteiger partial charge in [0.25, 0.3) is 10.0 Å². The molecular formula is C14H10BrClN2O2S. The van der Waals surface area contributed by atoms with Crippen molar-refractivity contribution in [2.24, 2.45) is 0 Å². The van der Waals surface area contributed by atoms with Crippen molar-refractivity contribution < 1.29 is 8.42 Å². The number of halogens is 2. The van der Waals surface area contributed by atoms with Crippen LogP contribution in [-0.4, -0.2) is 8.42 Å². The molecule has 0 heterocycles. The van der Waals surface area contributed by atoms with E-state index in [9.17, 15) is 8.42 Å². The second-order valence-corrected chi connectivity index (χ2v) is 7.26. The van der Waals surface area contributed by atoms with Gasteiger partial charge in [0.2, 0.25) is 0 Å². The van der Waals surface area contributed by atoms with Gasteiger partial charge in [-0.05, 0) is 58.7 Å². The summed E-state index contributed by atoms with van der Waals surface area (Å²) in [7, 11) is -3.83. The van der Waals surface area contributed by atoms with Gasteiger partial charge in [0.1, 0.15) is 4.90 Å². The summed E-state index contributed by atoms with van der Waals surface area (Å²) in [5, 5.41) is 8.78. The molecule has 0 aliphatic heterocycles. The number of nitriles is 1. The molecule has 7 heteroatoms. The minimum absolute atomic E-state index is 0.00493. The first-order valence-electron chi connectivity index (χ1n) is 5.82. The quantitative estimate of drug-likeness (QED) is 0.865. The number of benzene rings is 2. The molecule has 2 rings (SSSR count). The maximum atomic E-state index is 12.4. The molecule has 2 aromatic carbocycles. The van der Waals surface area contributed by atoms with Crippen LogP contribution in [0.15, 0.2) is 45.8 Å². The molecule has 0 saturated heterocycles. The van der Waals surface area contributed by atoms with E-state index in [1.54, 1.807) is 12.1 Å². The van der Waals surface area contributed by atoms with Crippen molar-refractivity contribution in [2.75, 3.05) is 4.72 Å². The molecule has 21 heavy (non-hydrogen) atoms. The molecule has 108 valence electrons. The lowest BCUT2D eigenvalue weighted by atomic mass is 10.2. The maximum Gasteiger partial charge on any atom is 0.263 e. The topological polar surface area (TPSA) is 70.0 Å². The number of hydrogen-bond donors (Lipinski definition) is 1. The molecule has 0 radical (unpaired) electrons. The van der Waals surface area contributed by atoms with Crippen LogP contribution in [0.2, 0.25) is 5.02 Å². The van der Waals surface area contributed by atoms with Gasteiger partial charge in [-0.2, -0.15) is 5.26 Å². The van der Waals surface area contributed by atoms with Crippen molar-refractivity contribution >= 4 is 43.2 Å². The predicted octanol–water partition coefficient (Wildman–Crippen LogP) is 4.08. The van der Waals surface area contributed by atoms with Gasteiger partial charge >= 0.3 is 0 Å². The van der Waals surface area contributed by atoms with Crippen molar-refractivity contribution in [1.29, 1.82) is 5.26 Å². The van der Waals surface area contributed by atoms with Crippen LogP contribution in [0, 0.1) is 18.3 Å². The number of hydrogen-bond acceptors (Lipinski definition) is 3. The van der Waals surface area contributed by atoms with E-state index in [2.05, 4.69) is 20.7 Å². The van der Waals surface area contributed by atoms with Crippen molar-refractivity contribution in [3.8, 4) is 6.07 Å². The molecule has 1 N–H and O–H groups in total. The van der Waals surface area contributed by atoms with E-state index in [0.717, 1.165) is 5.56 Å². The summed E-state index contributed by atoms with van der Waals surface area (Å²) in [4.78, 5) is -0.0726. The SMILES string of the molecule is Cc1ccc(Br)c(NS(=O)(=O)c2ccc(C#N)cc2Cl)c1. The Morgan fingerprint density at radius 2 is 1.95 bits per heavy atom. The summed E-state index contributed by atoms with van der Waals surface area (Å²) >= 11 is 9.24. The van der Waals surface area contributed by atoms with Crippen LogP contribution in [-0.2, 0) is 10.0 Å². The Kier molecular flexibility index (Phi) is 4.57. The van der Waals surface area contributed by atoms with Crippen LogP contribution in [0.1, 0.15) is 11.1 Å². The zero-order valence-electron chi connectivity index (χ0n) is 10.9. The van der Waals surface area contributed by atoms with Crippen molar-refractivity contribution in [1.82, 2.24) is 0 Å². The van der Waals surface area contributed by atoms with Gasteiger partial charge < -0.3 is 0 Å². The van der Waals surface area contributed by atoms with Crippen molar-refractivity contribution in [2.45, 2.75) is 11.8 Å². The first-order chi connectivity index (χ1) is 9.83. The Morgan fingerprint density at radius 1 is 1.24 bits per heavy atom. The fourth-order valence-electron chi connectivity index (χ4n) is 1.71. The highest BCUT2D eigenvalue weighted by atomic mass is 79.9. The molecule has 0 amide bonds. The molecule has 0 aliphatic rings. The van der Waals surface area contributed by atoms with Crippen LogP contribution < -0.4 is 4.72 Å². The van der Waals surface area contributed by atoms with E-state index < -0.39 is 10.0 Å². The highest BCUT2D eigenvalue weighted by Crippen LogP contribution is 2.29. The number of nitrogens with zero attached hydrogens (tertiary/aromatic N) is 1. The number of sulfonamides is 1. The molecule has 0 atom stereocenters. The largest absolute Gasteiger partial charge is 0.278 e. The third kappa shape index (κ3) is 3.56. The van der Waals surface area contributed by atoms with Crippen LogP contribution >= 0.6 is 27.5 Å². The highest BCUT2D eigenvalue weighted by Gasteiger charge is 2.19. The summed E-state index contributed by atoms with van der Waals surface area (Å²) in [6.07, 6.45) is 0. The summed E-state index contributed by atoms with van der Waals surface area (Å²) in [6, 6.07) is 11.3. The average Bonchev–Trinajstić information content (AvgIpc) is 2.42. The molecule has 0 bridgehead atoms. The third-order valence-corrected chi connectivity index (χ3v) is 5.26. The fourth-order valence-corrected chi connectivity index (χ4v) is 3.80. The van der Waals surface area contributed by atoms with E-state index in [-0.39, 0.29) is 9.92 Å². The lowest BCUT2D eigenvalue weighted by molar-refractivity contribution is 0.601. The van der Waals surface area contributed by atoms with Crippen molar-refractivity contribution in [3.05, 3.63) is 57.0 Å². The molecule has 4 nitrogen and oxygen atoms in total. The van der Waals surface area contributed by atoms with E-state index in [1.165, 1.54) is 18.2 Å². The first kappa shape index (κ1) is 15.8. The van der Waals surface area contributed by atoms with Crippen LogP contribution in [0.4, 0.5) is 5.69 Å². The lowest BCUT2D eigenvalue weighted by Gasteiger charge is -2.11. The highest BCUT2D eigenvalue weighted by molar-refractivity contribution is 9.10. The average molecular weight is 386 g/mol. The fraction of sp³-hybridized carbons (Fsp3) is 0.0714. The molecule has 2 aromatic rings. The molecule has 0 aliphatic carbocycles. The number of nitrogens with one attached hydrogen (secondary N) is 1. The van der Waals surface area contributed by atoms with Gasteiger partial charge in [-0.15, -0.1) is 0 Å². The van der Waals surface area contributed by atoms with Crippen LogP contribution in [0.5, 0.6) is 0 Å². The van der Waals surface area contributed by atoms with Gasteiger partial charge in [-0.1, -0.05) is 17.7 Å². The number of aryl methyl sites for hydroxylation is 1. The molecule has 0 unspecified atom stereocenters. The summed E-state index contributed by atoms with van der Waals surface area (Å²) in [5.41, 5.74) is 1.65. The standard InChI is InChI=1S/C14H10BrClN2O2S/c1-9-2-4-11(15)13(6-9)18-21(19,20)14-5-3-10(8-17)7-12(14)16/h2-7,18H,1H3. The van der Waals surface area contributed by atoms with Gasteiger partial charge in [-0.25, -0.2) is 8.42 Å². The van der Waals surface area contributed by atoms with E-state index in [0.29, 0.717) is 15.7 Å².